The molecule has 0 aliphatic carbocycles. The molecule has 1 heterocycles. The molecular weight excluding hydrogens is 374 g/mol. The van der Waals surface area contributed by atoms with E-state index in [1.54, 1.807) is 12.1 Å². The van der Waals surface area contributed by atoms with Crippen LogP contribution in [0.1, 0.15) is 37.4 Å². The first-order valence-corrected chi connectivity index (χ1v) is 10.1. The van der Waals surface area contributed by atoms with Gasteiger partial charge < -0.3 is 9.47 Å². The normalized spacial score (nSPS) is 18.7. The predicted octanol–water partition coefficient (Wildman–Crippen LogP) is 4.24. The van der Waals surface area contributed by atoms with Crippen LogP contribution < -0.4 is 14.2 Å². The second-order valence-corrected chi connectivity index (χ2v) is 9.20. The minimum atomic E-state index is -3.85. The first kappa shape index (κ1) is 19.0. The number of methoxy groups -OCH3 is 1. The molecule has 0 bridgehead atoms. The van der Waals surface area contributed by atoms with E-state index < -0.39 is 21.7 Å². The lowest BCUT2D eigenvalue weighted by atomic mass is 9.89. The van der Waals surface area contributed by atoms with Crippen molar-refractivity contribution >= 4 is 21.6 Å². The van der Waals surface area contributed by atoms with E-state index in [0.717, 1.165) is 11.1 Å². The van der Waals surface area contributed by atoms with E-state index in [1.165, 1.54) is 13.2 Å². The highest BCUT2D eigenvalue weighted by Crippen LogP contribution is 2.41. The van der Waals surface area contributed by atoms with Crippen molar-refractivity contribution in [2.24, 2.45) is 0 Å². The molecule has 0 saturated carbocycles. The number of ether oxygens (including phenoxy) is 2. The van der Waals surface area contributed by atoms with Gasteiger partial charge in [0.15, 0.2) is 0 Å². The third kappa shape index (κ3) is 3.82. The minimum absolute atomic E-state index is 0.0194. The van der Waals surface area contributed by atoms with Gasteiger partial charge in [-0.3, -0.25) is 0 Å². The van der Waals surface area contributed by atoms with Gasteiger partial charge in [-0.15, -0.1) is 0 Å². The van der Waals surface area contributed by atoms with Crippen LogP contribution in [0.15, 0.2) is 41.3 Å². The molecule has 26 heavy (non-hydrogen) atoms. The Morgan fingerprint density at radius 2 is 1.96 bits per heavy atom. The summed E-state index contributed by atoms with van der Waals surface area (Å²) in [6, 6.07) is 9.90. The van der Waals surface area contributed by atoms with Crippen LogP contribution in [0.4, 0.5) is 0 Å². The van der Waals surface area contributed by atoms with Crippen LogP contribution in [0.25, 0.3) is 0 Å². The molecule has 1 atom stereocenters. The van der Waals surface area contributed by atoms with E-state index in [-0.39, 0.29) is 10.6 Å². The Bertz CT molecular complexity index is 941. The fourth-order valence-corrected chi connectivity index (χ4v) is 4.84. The van der Waals surface area contributed by atoms with E-state index in [9.17, 15) is 8.42 Å². The predicted molar refractivity (Wildman–Crippen MR) is 102 cm³/mol. The fraction of sp³-hybridized carbons (Fsp3) is 0.368. The maximum Gasteiger partial charge on any atom is 0.244 e. The molecule has 0 unspecified atom stereocenters. The minimum Gasteiger partial charge on any atom is -0.495 e. The number of hydrogen-bond acceptors (Lipinski definition) is 4. The van der Waals surface area contributed by atoms with Crippen molar-refractivity contribution in [3.8, 4) is 11.5 Å². The topological polar surface area (TPSA) is 64.6 Å². The summed E-state index contributed by atoms with van der Waals surface area (Å²) in [7, 11) is -2.42. The average molecular weight is 396 g/mol. The monoisotopic (exact) mass is 395 g/mol. The molecule has 0 saturated heterocycles. The first-order valence-electron chi connectivity index (χ1n) is 8.27. The van der Waals surface area contributed by atoms with Gasteiger partial charge in [0.1, 0.15) is 22.0 Å². The SMILES string of the molecule is COc1ccc(Cl)cc1S(=O)(=O)N[C@H]1CC(C)(C)Oc2ccc(C)cc21. The van der Waals surface area contributed by atoms with Crippen molar-refractivity contribution in [2.45, 2.75) is 43.7 Å². The number of hydrogen-bond donors (Lipinski definition) is 1. The average Bonchev–Trinajstić information content (AvgIpc) is 2.54. The largest absolute Gasteiger partial charge is 0.495 e. The summed E-state index contributed by atoms with van der Waals surface area (Å²) >= 11 is 6.00. The molecule has 0 spiro atoms. The Balaban J connectivity index is 2.03. The summed E-state index contributed by atoms with van der Waals surface area (Å²) < 4.78 is 40.1. The number of aryl methyl sites for hydroxylation is 1. The summed E-state index contributed by atoms with van der Waals surface area (Å²) in [6.45, 7) is 5.85. The maximum atomic E-state index is 13.0. The van der Waals surface area contributed by atoms with Crippen molar-refractivity contribution < 1.29 is 17.9 Å². The first-order chi connectivity index (χ1) is 12.1. The molecule has 0 radical (unpaired) electrons. The van der Waals surface area contributed by atoms with Crippen molar-refractivity contribution in [1.82, 2.24) is 4.72 Å². The van der Waals surface area contributed by atoms with Crippen molar-refractivity contribution in [3.63, 3.8) is 0 Å². The number of sulfonamides is 1. The Labute approximate surface area is 159 Å². The zero-order valence-corrected chi connectivity index (χ0v) is 16.7. The lowest BCUT2D eigenvalue weighted by molar-refractivity contribution is 0.0701. The van der Waals surface area contributed by atoms with Crippen molar-refractivity contribution in [1.29, 1.82) is 0 Å². The Morgan fingerprint density at radius 3 is 2.65 bits per heavy atom. The summed E-state index contributed by atoms with van der Waals surface area (Å²) in [5, 5.41) is 0.328. The Kier molecular flexibility index (Phi) is 4.94. The van der Waals surface area contributed by atoms with Crippen LogP contribution in [0.3, 0.4) is 0 Å². The molecule has 1 aliphatic heterocycles. The molecule has 0 fully saturated rings. The van der Waals surface area contributed by atoms with Gasteiger partial charge in [-0.2, -0.15) is 0 Å². The molecule has 3 rings (SSSR count). The molecular formula is C19H22ClNO4S. The molecule has 1 N–H and O–H groups in total. The smallest absolute Gasteiger partial charge is 0.244 e. The summed E-state index contributed by atoms with van der Waals surface area (Å²) in [5.74, 6) is 0.940. The number of nitrogens with one attached hydrogen (secondary N) is 1. The zero-order valence-electron chi connectivity index (χ0n) is 15.2. The van der Waals surface area contributed by atoms with Crippen LogP contribution in [-0.4, -0.2) is 21.1 Å². The van der Waals surface area contributed by atoms with Crippen LogP contribution in [0.5, 0.6) is 11.5 Å². The molecule has 2 aromatic carbocycles. The highest BCUT2D eigenvalue weighted by Gasteiger charge is 2.36. The van der Waals surface area contributed by atoms with Crippen LogP contribution in [-0.2, 0) is 10.0 Å². The fourth-order valence-electron chi connectivity index (χ4n) is 3.19. The van der Waals surface area contributed by atoms with E-state index in [4.69, 9.17) is 21.1 Å². The number of rotatable bonds is 4. The molecule has 7 heteroatoms. The number of halogens is 1. The van der Waals surface area contributed by atoms with Gasteiger partial charge in [-0.1, -0.05) is 29.3 Å². The Morgan fingerprint density at radius 1 is 1.23 bits per heavy atom. The molecule has 0 aromatic heterocycles. The second-order valence-electron chi connectivity index (χ2n) is 7.08. The van der Waals surface area contributed by atoms with Gasteiger partial charge in [0.25, 0.3) is 0 Å². The standard InChI is InChI=1S/C19H22ClNO4S/c1-12-5-7-16-14(9-12)15(11-19(2,3)25-16)21-26(22,23)18-10-13(20)6-8-17(18)24-4/h5-10,15,21H,11H2,1-4H3/t15-/m0/s1. The van der Waals surface area contributed by atoms with Crippen LogP contribution in [0.2, 0.25) is 5.02 Å². The molecule has 0 amide bonds. The number of fused-ring (bicyclic) bond motifs is 1. The van der Waals surface area contributed by atoms with Crippen LogP contribution in [0, 0.1) is 6.92 Å². The highest BCUT2D eigenvalue weighted by molar-refractivity contribution is 7.89. The highest BCUT2D eigenvalue weighted by atomic mass is 35.5. The van der Waals surface area contributed by atoms with E-state index in [2.05, 4.69) is 4.72 Å². The molecule has 1 aliphatic rings. The van der Waals surface area contributed by atoms with Gasteiger partial charge in [-0.05, 0) is 45.0 Å². The van der Waals surface area contributed by atoms with Gasteiger partial charge in [0.2, 0.25) is 10.0 Å². The van der Waals surface area contributed by atoms with Gasteiger partial charge in [-0.25, -0.2) is 13.1 Å². The van der Waals surface area contributed by atoms with Gasteiger partial charge in [0, 0.05) is 17.0 Å². The van der Waals surface area contributed by atoms with E-state index >= 15 is 0 Å². The lowest BCUT2D eigenvalue weighted by Crippen LogP contribution is -2.41. The lowest BCUT2D eigenvalue weighted by Gasteiger charge is -2.38. The third-order valence-corrected chi connectivity index (χ3v) is 6.06. The zero-order chi connectivity index (χ0) is 19.1. The maximum absolute atomic E-state index is 13.0. The van der Waals surface area contributed by atoms with Crippen molar-refractivity contribution in [3.05, 3.63) is 52.5 Å². The van der Waals surface area contributed by atoms with Gasteiger partial charge in [0.05, 0.1) is 13.2 Å². The quantitative estimate of drug-likeness (QED) is 0.840. The summed E-state index contributed by atoms with van der Waals surface area (Å²) in [5.41, 5.74) is 1.37. The van der Waals surface area contributed by atoms with Gasteiger partial charge >= 0.3 is 0 Å². The molecule has 5 nitrogen and oxygen atoms in total. The second kappa shape index (κ2) is 6.76. The van der Waals surface area contributed by atoms with E-state index in [0.29, 0.717) is 17.2 Å². The molecule has 140 valence electrons. The summed E-state index contributed by atoms with van der Waals surface area (Å²) in [4.78, 5) is 0.0194. The third-order valence-electron chi connectivity index (χ3n) is 4.34. The number of benzene rings is 2. The summed E-state index contributed by atoms with van der Waals surface area (Å²) in [6.07, 6.45) is 0.506. The van der Waals surface area contributed by atoms with E-state index in [1.807, 2.05) is 39.0 Å². The van der Waals surface area contributed by atoms with Crippen LogP contribution >= 0.6 is 11.6 Å². The Hall–Kier alpha value is -1.76. The van der Waals surface area contributed by atoms with Crippen molar-refractivity contribution in [2.75, 3.05) is 7.11 Å². The molecule has 2 aromatic rings.